The van der Waals surface area contributed by atoms with Crippen molar-refractivity contribution in [1.82, 2.24) is 5.32 Å². The molecule has 2 aromatic carbocycles. The van der Waals surface area contributed by atoms with Crippen molar-refractivity contribution < 1.29 is 9.53 Å². The summed E-state index contributed by atoms with van der Waals surface area (Å²) in [4.78, 5) is 12.3. The van der Waals surface area contributed by atoms with Gasteiger partial charge < -0.3 is 15.4 Å². The topological polar surface area (TPSA) is 50.4 Å². The first kappa shape index (κ1) is 17.9. The van der Waals surface area contributed by atoms with Gasteiger partial charge in [-0.3, -0.25) is 0 Å². The maximum absolute atomic E-state index is 12.3. The number of hydrogen-bond acceptors (Lipinski definition) is 2. The number of urea groups is 1. The lowest BCUT2D eigenvalue weighted by atomic mass is 10.0. The van der Waals surface area contributed by atoms with Crippen LogP contribution in [0.25, 0.3) is 0 Å². The van der Waals surface area contributed by atoms with Crippen LogP contribution in [0, 0.1) is 20.8 Å². The zero-order chi connectivity index (χ0) is 17.7. The van der Waals surface area contributed by atoms with Gasteiger partial charge in [-0.05, 0) is 63.9 Å². The number of amides is 2. The van der Waals surface area contributed by atoms with Crippen LogP contribution in [0.15, 0.2) is 36.4 Å². The number of benzene rings is 2. The molecule has 0 radical (unpaired) electrons. The Bertz CT molecular complexity index is 726. The monoisotopic (exact) mass is 326 g/mol. The van der Waals surface area contributed by atoms with Crippen LogP contribution < -0.4 is 15.4 Å². The fourth-order valence-electron chi connectivity index (χ4n) is 2.55. The highest BCUT2D eigenvalue weighted by Crippen LogP contribution is 2.26. The lowest BCUT2D eigenvalue weighted by Gasteiger charge is -2.19. The van der Waals surface area contributed by atoms with Gasteiger partial charge in [-0.25, -0.2) is 4.79 Å². The van der Waals surface area contributed by atoms with Crippen molar-refractivity contribution in [3.63, 3.8) is 0 Å². The Morgan fingerprint density at radius 2 is 1.83 bits per heavy atom. The van der Waals surface area contributed by atoms with Gasteiger partial charge in [0, 0.05) is 11.3 Å². The molecular weight excluding hydrogens is 300 g/mol. The second-order valence-electron chi connectivity index (χ2n) is 6.09. The van der Waals surface area contributed by atoms with Crippen molar-refractivity contribution >= 4 is 11.7 Å². The molecule has 0 aliphatic rings. The number of aryl methyl sites for hydroxylation is 3. The zero-order valence-electron chi connectivity index (χ0n) is 15.1. The average Bonchev–Trinajstić information content (AvgIpc) is 2.52. The molecule has 0 saturated heterocycles. The lowest BCUT2D eigenvalue weighted by Crippen LogP contribution is -2.31. The molecule has 1 atom stereocenters. The Kier molecular flexibility index (Phi) is 5.85. The van der Waals surface area contributed by atoms with Gasteiger partial charge in [-0.2, -0.15) is 0 Å². The summed E-state index contributed by atoms with van der Waals surface area (Å²) in [6.07, 6.45) is 0. The van der Waals surface area contributed by atoms with Crippen LogP contribution in [0.1, 0.15) is 42.1 Å². The van der Waals surface area contributed by atoms with Gasteiger partial charge in [0.15, 0.2) is 0 Å². The van der Waals surface area contributed by atoms with Crippen molar-refractivity contribution in [2.75, 3.05) is 11.9 Å². The summed E-state index contributed by atoms with van der Waals surface area (Å²) in [6, 6.07) is 11.5. The molecule has 0 saturated carbocycles. The van der Waals surface area contributed by atoms with Gasteiger partial charge in [0.1, 0.15) is 5.75 Å². The van der Waals surface area contributed by atoms with E-state index in [1.54, 1.807) is 0 Å². The summed E-state index contributed by atoms with van der Waals surface area (Å²) >= 11 is 0. The number of nitrogens with one attached hydrogen (secondary N) is 2. The maximum atomic E-state index is 12.3. The fraction of sp³-hybridized carbons (Fsp3) is 0.350. The van der Waals surface area contributed by atoms with E-state index in [4.69, 9.17) is 4.74 Å². The van der Waals surface area contributed by atoms with Crippen molar-refractivity contribution in [1.29, 1.82) is 0 Å². The highest BCUT2D eigenvalue weighted by Gasteiger charge is 2.15. The molecule has 1 unspecified atom stereocenters. The molecule has 24 heavy (non-hydrogen) atoms. The predicted molar refractivity (Wildman–Crippen MR) is 98.8 cm³/mol. The SMILES string of the molecule is CCOc1ccc(C)cc1C(C)NC(=O)Nc1ccc(C)c(C)c1. The minimum absolute atomic E-state index is 0.155. The number of carbonyl (C=O) groups is 1. The minimum Gasteiger partial charge on any atom is -0.494 e. The summed E-state index contributed by atoms with van der Waals surface area (Å²) < 4.78 is 5.67. The summed E-state index contributed by atoms with van der Waals surface area (Å²) in [6.45, 7) is 10.6. The highest BCUT2D eigenvalue weighted by molar-refractivity contribution is 5.89. The Labute approximate surface area is 144 Å². The predicted octanol–water partition coefficient (Wildman–Crippen LogP) is 4.89. The molecular formula is C20H26N2O2. The smallest absolute Gasteiger partial charge is 0.319 e. The first-order valence-corrected chi connectivity index (χ1v) is 8.28. The highest BCUT2D eigenvalue weighted by atomic mass is 16.5. The van der Waals surface area contributed by atoms with Crippen molar-refractivity contribution in [2.24, 2.45) is 0 Å². The third-order valence-electron chi connectivity index (χ3n) is 4.04. The first-order valence-electron chi connectivity index (χ1n) is 8.28. The van der Waals surface area contributed by atoms with E-state index in [9.17, 15) is 4.79 Å². The van der Waals surface area contributed by atoms with Gasteiger partial charge in [0.25, 0.3) is 0 Å². The molecule has 0 spiro atoms. The molecule has 2 amide bonds. The second-order valence-corrected chi connectivity index (χ2v) is 6.09. The van der Waals surface area contributed by atoms with Crippen molar-refractivity contribution in [2.45, 2.75) is 40.7 Å². The van der Waals surface area contributed by atoms with E-state index in [0.717, 1.165) is 28.1 Å². The first-order chi connectivity index (χ1) is 11.4. The Morgan fingerprint density at radius 3 is 2.50 bits per heavy atom. The van der Waals surface area contributed by atoms with Crippen molar-refractivity contribution in [3.8, 4) is 5.75 Å². The van der Waals surface area contributed by atoms with Crippen LogP contribution >= 0.6 is 0 Å². The number of carbonyl (C=O) groups excluding carboxylic acids is 1. The fourth-order valence-corrected chi connectivity index (χ4v) is 2.55. The quantitative estimate of drug-likeness (QED) is 0.821. The van der Waals surface area contributed by atoms with E-state index in [0.29, 0.717) is 6.61 Å². The van der Waals surface area contributed by atoms with Gasteiger partial charge in [-0.1, -0.05) is 23.8 Å². The van der Waals surface area contributed by atoms with Gasteiger partial charge >= 0.3 is 6.03 Å². The van der Waals surface area contributed by atoms with Crippen LogP contribution in [-0.4, -0.2) is 12.6 Å². The van der Waals surface area contributed by atoms with Crippen LogP contribution in [-0.2, 0) is 0 Å². The zero-order valence-corrected chi connectivity index (χ0v) is 15.1. The molecule has 2 rings (SSSR count). The van der Waals surface area contributed by atoms with Gasteiger partial charge in [0.2, 0.25) is 0 Å². The van der Waals surface area contributed by atoms with E-state index in [2.05, 4.69) is 10.6 Å². The molecule has 4 heteroatoms. The molecule has 0 fully saturated rings. The minimum atomic E-state index is -0.227. The number of rotatable bonds is 5. The van der Waals surface area contributed by atoms with Gasteiger partial charge in [0.05, 0.1) is 12.6 Å². The number of ether oxygens (including phenoxy) is 1. The van der Waals surface area contributed by atoms with E-state index in [1.165, 1.54) is 5.56 Å². The Hall–Kier alpha value is -2.49. The van der Waals surface area contributed by atoms with Crippen molar-refractivity contribution in [3.05, 3.63) is 58.7 Å². The van der Waals surface area contributed by atoms with E-state index in [1.807, 2.05) is 71.0 Å². The molecule has 2 aromatic rings. The average molecular weight is 326 g/mol. The Morgan fingerprint density at radius 1 is 1.08 bits per heavy atom. The molecule has 4 nitrogen and oxygen atoms in total. The standard InChI is InChI=1S/C20H26N2O2/c1-6-24-19-10-7-13(2)11-18(19)16(5)21-20(23)22-17-9-8-14(3)15(4)12-17/h7-12,16H,6H2,1-5H3,(H2,21,22,23). The summed E-state index contributed by atoms with van der Waals surface area (Å²) in [5.41, 5.74) is 5.26. The normalized spacial score (nSPS) is 11.7. The van der Waals surface area contributed by atoms with Crippen LogP contribution in [0.5, 0.6) is 5.75 Å². The second kappa shape index (κ2) is 7.86. The van der Waals surface area contributed by atoms with Crippen LogP contribution in [0.3, 0.4) is 0 Å². The number of hydrogen-bond donors (Lipinski definition) is 2. The van der Waals surface area contributed by atoms with E-state index in [-0.39, 0.29) is 12.1 Å². The van der Waals surface area contributed by atoms with E-state index >= 15 is 0 Å². The largest absolute Gasteiger partial charge is 0.494 e. The molecule has 0 bridgehead atoms. The third-order valence-corrected chi connectivity index (χ3v) is 4.04. The number of anilines is 1. The summed E-state index contributed by atoms with van der Waals surface area (Å²) in [5, 5.41) is 5.86. The molecule has 0 aliphatic carbocycles. The summed E-state index contributed by atoms with van der Waals surface area (Å²) in [5.74, 6) is 0.807. The lowest BCUT2D eigenvalue weighted by molar-refractivity contribution is 0.249. The third kappa shape index (κ3) is 4.51. The molecule has 0 aliphatic heterocycles. The van der Waals surface area contributed by atoms with Crippen LogP contribution in [0.4, 0.5) is 10.5 Å². The van der Waals surface area contributed by atoms with E-state index < -0.39 is 0 Å². The molecule has 0 aromatic heterocycles. The molecule has 2 N–H and O–H groups in total. The van der Waals surface area contributed by atoms with Crippen LogP contribution in [0.2, 0.25) is 0 Å². The summed E-state index contributed by atoms with van der Waals surface area (Å²) in [7, 11) is 0. The Balaban J connectivity index is 2.08. The molecule has 128 valence electrons. The maximum Gasteiger partial charge on any atom is 0.319 e. The van der Waals surface area contributed by atoms with Gasteiger partial charge in [-0.15, -0.1) is 0 Å². The molecule has 0 heterocycles.